The minimum absolute atomic E-state index is 0.0240. The molecule has 0 heterocycles. The lowest BCUT2D eigenvalue weighted by Crippen LogP contribution is -2.31. The highest BCUT2D eigenvalue weighted by Crippen LogP contribution is 2.12. The molecule has 1 rings (SSSR count). The maximum Gasteiger partial charge on any atom is 0.00971 e. The van der Waals surface area contributed by atoms with Crippen LogP contribution in [0.4, 0.5) is 0 Å². The van der Waals surface area contributed by atoms with E-state index in [9.17, 15) is 0 Å². The lowest BCUT2D eigenvalue weighted by molar-refractivity contribution is 0.459. The lowest BCUT2D eigenvalue weighted by atomic mass is 9.96. The summed E-state index contributed by atoms with van der Waals surface area (Å²) >= 11 is 0. The van der Waals surface area contributed by atoms with Crippen LogP contribution in [0.2, 0.25) is 0 Å². The number of hydrogen-bond acceptors (Lipinski definition) is 1. The highest BCUT2D eigenvalue weighted by atomic mass is 14.7. The fourth-order valence-corrected chi connectivity index (χ4v) is 1.62. The van der Waals surface area contributed by atoms with Crippen LogP contribution in [0.1, 0.15) is 37.8 Å². The Morgan fingerprint density at radius 2 is 2.00 bits per heavy atom. The summed E-state index contributed by atoms with van der Waals surface area (Å²) in [7, 11) is 0. The average molecular weight is 191 g/mol. The summed E-state index contributed by atoms with van der Waals surface area (Å²) in [5.74, 6) is 0. The van der Waals surface area contributed by atoms with E-state index < -0.39 is 0 Å². The third kappa shape index (κ3) is 4.43. The molecule has 0 amide bonds. The summed E-state index contributed by atoms with van der Waals surface area (Å²) in [6.45, 7) is 6.31. The summed E-state index contributed by atoms with van der Waals surface area (Å²) in [4.78, 5) is 0. The van der Waals surface area contributed by atoms with Gasteiger partial charge in [-0.1, -0.05) is 29.8 Å². The number of hydrogen-bond donors (Lipinski definition) is 1. The normalized spacial score (nSPS) is 11.7. The molecule has 0 spiro atoms. The van der Waals surface area contributed by atoms with Crippen molar-refractivity contribution in [3.8, 4) is 0 Å². The first-order valence-electron chi connectivity index (χ1n) is 5.32. The molecule has 1 aromatic carbocycles. The van der Waals surface area contributed by atoms with Gasteiger partial charge in [0.05, 0.1) is 0 Å². The molecule has 0 aliphatic rings. The molecule has 14 heavy (non-hydrogen) atoms. The van der Waals surface area contributed by atoms with E-state index in [0.717, 1.165) is 12.8 Å². The lowest BCUT2D eigenvalue weighted by Gasteiger charge is -2.17. The quantitative estimate of drug-likeness (QED) is 0.777. The van der Waals surface area contributed by atoms with Gasteiger partial charge < -0.3 is 5.73 Å². The first-order chi connectivity index (χ1) is 6.47. The molecule has 0 fully saturated rings. The molecule has 0 unspecified atom stereocenters. The van der Waals surface area contributed by atoms with Crippen LogP contribution in [-0.4, -0.2) is 5.54 Å². The maximum atomic E-state index is 5.93. The van der Waals surface area contributed by atoms with Gasteiger partial charge in [-0.3, -0.25) is 0 Å². The van der Waals surface area contributed by atoms with E-state index in [0.29, 0.717) is 0 Å². The minimum Gasteiger partial charge on any atom is -0.326 e. The Bertz CT molecular complexity index is 284. The number of aryl methyl sites for hydroxylation is 2. The van der Waals surface area contributed by atoms with E-state index in [1.54, 1.807) is 0 Å². The van der Waals surface area contributed by atoms with Crippen LogP contribution in [0, 0.1) is 6.92 Å². The molecule has 0 radical (unpaired) electrons. The summed E-state index contributed by atoms with van der Waals surface area (Å²) in [5.41, 5.74) is 8.67. The number of rotatable bonds is 4. The van der Waals surface area contributed by atoms with Gasteiger partial charge in [-0.05, 0) is 45.6 Å². The van der Waals surface area contributed by atoms with Crippen molar-refractivity contribution in [1.29, 1.82) is 0 Å². The van der Waals surface area contributed by atoms with Crippen LogP contribution in [0.5, 0.6) is 0 Å². The predicted molar refractivity (Wildman–Crippen MR) is 62.4 cm³/mol. The van der Waals surface area contributed by atoms with Gasteiger partial charge in [0.1, 0.15) is 0 Å². The third-order valence-corrected chi connectivity index (χ3v) is 2.37. The SMILES string of the molecule is Cc1cccc(CCCC(C)(C)N)c1. The molecule has 0 bridgehead atoms. The van der Waals surface area contributed by atoms with Crippen LogP contribution in [-0.2, 0) is 6.42 Å². The second-order valence-electron chi connectivity index (χ2n) is 4.83. The monoisotopic (exact) mass is 191 g/mol. The van der Waals surface area contributed by atoms with E-state index >= 15 is 0 Å². The van der Waals surface area contributed by atoms with Crippen molar-refractivity contribution in [2.24, 2.45) is 5.73 Å². The fourth-order valence-electron chi connectivity index (χ4n) is 1.62. The van der Waals surface area contributed by atoms with Gasteiger partial charge in [0.25, 0.3) is 0 Å². The van der Waals surface area contributed by atoms with E-state index in [1.807, 2.05) is 0 Å². The number of benzene rings is 1. The Labute approximate surface area is 87.3 Å². The van der Waals surface area contributed by atoms with Crippen molar-refractivity contribution in [2.75, 3.05) is 0 Å². The van der Waals surface area contributed by atoms with Crippen molar-refractivity contribution in [3.63, 3.8) is 0 Å². The van der Waals surface area contributed by atoms with Gasteiger partial charge in [0, 0.05) is 5.54 Å². The zero-order valence-electron chi connectivity index (χ0n) is 9.51. The zero-order chi connectivity index (χ0) is 10.6. The second-order valence-corrected chi connectivity index (χ2v) is 4.83. The molecule has 0 saturated heterocycles. The van der Waals surface area contributed by atoms with Crippen molar-refractivity contribution < 1.29 is 0 Å². The maximum absolute atomic E-state index is 5.93. The first kappa shape index (κ1) is 11.3. The van der Waals surface area contributed by atoms with Gasteiger partial charge in [0.2, 0.25) is 0 Å². The van der Waals surface area contributed by atoms with Crippen LogP contribution in [0.25, 0.3) is 0 Å². The van der Waals surface area contributed by atoms with Gasteiger partial charge in [-0.15, -0.1) is 0 Å². The Kier molecular flexibility index (Phi) is 3.70. The molecule has 1 aromatic rings. The molecule has 0 saturated carbocycles. The number of nitrogens with two attached hydrogens (primary N) is 1. The predicted octanol–water partition coefficient (Wildman–Crippen LogP) is 3.06. The van der Waals surface area contributed by atoms with Gasteiger partial charge >= 0.3 is 0 Å². The summed E-state index contributed by atoms with van der Waals surface area (Å²) in [6, 6.07) is 8.70. The van der Waals surface area contributed by atoms with Crippen LogP contribution in [0.15, 0.2) is 24.3 Å². The highest BCUT2D eigenvalue weighted by Gasteiger charge is 2.09. The van der Waals surface area contributed by atoms with Crippen LogP contribution < -0.4 is 5.73 Å². The molecule has 1 heteroatoms. The van der Waals surface area contributed by atoms with Gasteiger partial charge in [0.15, 0.2) is 0 Å². The average Bonchev–Trinajstić information content (AvgIpc) is 2.01. The molecule has 1 nitrogen and oxygen atoms in total. The minimum atomic E-state index is -0.0240. The largest absolute Gasteiger partial charge is 0.326 e. The van der Waals surface area contributed by atoms with E-state index in [2.05, 4.69) is 45.0 Å². The van der Waals surface area contributed by atoms with Crippen LogP contribution >= 0.6 is 0 Å². The van der Waals surface area contributed by atoms with Crippen LogP contribution in [0.3, 0.4) is 0 Å². The van der Waals surface area contributed by atoms with E-state index in [-0.39, 0.29) is 5.54 Å². The third-order valence-electron chi connectivity index (χ3n) is 2.37. The Hall–Kier alpha value is -0.820. The van der Waals surface area contributed by atoms with Crippen molar-refractivity contribution in [2.45, 2.75) is 45.6 Å². The second kappa shape index (κ2) is 4.61. The van der Waals surface area contributed by atoms with Crippen molar-refractivity contribution in [3.05, 3.63) is 35.4 Å². The Morgan fingerprint density at radius 1 is 1.29 bits per heavy atom. The topological polar surface area (TPSA) is 26.0 Å². The molecular formula is C13H21N. The summed E-state index contributed by atoms with van der Waals surface area (Å²) in [6.07, 6.45) is 3.40. The summed E-state index contributed by atoms with van der Waals surface area (Å²) in [5, 5.41) is 0. The zero-order valence-corrected chi connectivity index (χ0v) is 9.51. The van der Waals surface area contributed by atoms with E-state index in [1.165, 1.54) is 17.5 Å². The Morgan fingerprint density at radius 3 is 2.57 bits per heavy atom. The molecule has 2 N–H and O–H groups in total. The van der Waals surface area contributed by atoms with Gasteiger partial charge in [-0.25, -0.2) is 0 Å². The smallest absolute Gasteiger partial charge is 0.00971 e. The van der Waals surface area contributed by atoms with Crippen molar-refractivity contribution >= 4 is 0 Å². The molecular weight excluding hydrogens is 170 g/mol. The highest BCUT2D eigenvalue weighted by molar-refractivity contribution is 5.22. The summed E-state index contributed by atoms with van der Waals surface area (Å²) < 4.78 is 0. The Balaban J connectivity index is 2.39. The molecule has 0 aromatic heterocycles. The fraction of sp³-hybridized carbons (Fsp3) is 0.538. The van der Waals surface area contributed by atoms with Gasteiger partial charge in [-0.2, -0.15) is 0 Å². The van der Waals surface area contributed by atoms with E-state index in [4.69, 9.17) is 5.73 Å². The molecule has 0 aliphatic heterocycles. The first-order valence-corrected chi connectivity index (χ1v) is 5.32. The molecule has 78 valence electrons. The molecule has 0 aliphatic carbocycles. The standard InChI is InChI=1S/C13H21N/c1-11-6-4-7-12(10-11)8-5-9-13(2,3)14/h4,6-7,10H,5,8-9,14H2,1-3H3. The molecule has 0 atom stereocenters. The van der Waals surface area contributed by atoms with Crippen molar-refractivity contribution in [1.82, 2.24) is 0 Å².